The number of halogens is 2. The van der Waals surface area contributed by atoms with Crippen molar-refractivity contribution < 1.29 is 14.3 Å². The summed E-state index contributed by atoms with van der Waals surface area (Å²) < 4.78 is 12.5. The van der Waals surface area contributed by atoms with Crippen LogP contribution in [0.1, 0.15) is 6.92 Å². The average Bonchev–Trinajstić information content (AvgIpc) is 2.66. The number of hydrogen-bond donors (Lipinski definition) is 0. The van der Waals surface area contributed by atoms with Gasteiger partial charge in [-0.1, -0.05) is 35.3 Å². The van der Waals surface area contributed by atoms with Gasteiger partial charge >= 0.3 is 0 Å². The summed E-state index contributed by atoms with van der Waals surface area (Å²) in [6.45, 7) is 2.75. The third kappa shape index (κ3) is 3.94. The zero-order valence-corrected chi connectivity index (χ0v) is 15.5. The number of hydrogen-bond acceptors (Lipinski definition) is 5. The number of benzene rings is 1. The van der Waals surface area contributed by atoms with Crippen LogP contribution in [-0.2, 0) is 11.3 Å². The van der Waals surface area contributed by atoms with Gasteiger partial charge in [-0.15, -0.1) is 0 Å². The third-order valence-electron chi connectivity index (χ3n) is 3.95. The predicted molar refractivity (Wildman–Crippen MR) is 97.1 cm³/mol. The van der Waals surface area contributed by atoms with E-state index >= 15 is 0 Å². The Bertz CT molecular complexity index is 871. The minimum absolute atomic E-state index is 0.0548. The molecule has 0 aliphatic carbocycles. The number of fused-ring (bicyclic) bond motifs is 1. The molecule has 3 rings (SSSR count). The van der Waals surface area contributed by atoms with E-state index < -0.39 is 5.56 Å². The molecule has 1 aromatic heterocycles. The van der Waals surface area contributed by atoms with E-state index in [4.69, 9.17) is 32.7 Å². The Morgan fingerprint density at radius 2 is 2.08 bits per heavy atom. The third-order valence-corrected chi connectivity index (χ3v) is 4.70. The van der Waals surface area contributed by atoms with Gasteiger partial charge in [0.15, 0.2) is 17.6 Å². The fraction of sp³-hybridized carbons (Fsp3) is 0.353. The van der Waals surface area contributed by atoms with Crippen molar-refractivity contribution in [2.24, 2.45) is 0 Å². The smallest absolute Gasteiger partial charge is 0.287 e. The van der Waals surface area contributed by atoms with Gasteiger partial charge in [0.1, 0.15) is 18.2 Å². The number of nitrogens with zero attached hydrogens (tertiary/aromatic N) is 3. The van der Waals surface area contributed by atoms with Crippen LogP contribution in [0.3, 0.4) is 0 Å². The number of carbonyl (C=O) groups is 1. The molecule has 1 atom stereocenters. The van der Waals surface area contributed by atoms with Gasteiger partial charge in [-0.3, -0.25) is 9.59 Å². The summed E-state index contributed by atoms with van der Waals surface area (Å²) in [6.07, 6.45) is 0.941. The second kappa shape index (κ2) is 7.97. The summed E-state index contributed by atoms with van der Waals surface area (Å²) in [5, 5.41) is 3.76. The maximum atomic E-state index is 12.6. The van der Waals surface area contributed by atoms with Crippen LogP contribution in [0.4, 0.5) is 0 Å². The second-order valence-electron chi connectivity index (χ2n) is 5.70. The van der Waals surface area contributed by atoms with E-state index in [0.29, 0.717) is 31.2 Å². The fourth-order valence-electron chi connectivity index (χ4n) is 2.59. The molecule has 0 spiro atoms. The largest absolute Gasteiger partial charge is 0.486 e. The van der Waals surface area contributed by atoms with E-state index in [2.05, 4.69) is 5.10 Å². The van der Waals surface area contributed by atoms with Crippen molar-refractivity contribution >= 4 is 29.1 Å². The molecular formula is C17H17Cl2N3O4. The molecule has 0 bridgehead atoms. The van der Waals surface area contributed by atoms with Crippen molar-refractivity contribution in [2.75, 3.05) is 19.7 Å². The first-order valence-corrected chi connectivity index (χ1v) is 8.82. The van der Waals surface area contributed by atoms with Crippen molar-refractivity contribution in [3.63, 3.8) is 0 Å². The molecule has 1 aromatic carbocycles. The molecule has 0 N–H and O–H groups in total. The lowest BCUT2D eigenvalue weighted by Gasteiger charge is -2.31. The van der Waals surface area contributed by atoms with Crippen molar-refractivity contribution in [3.05, 3.63) is 50.9 Å². The average molecular weight is 398 g/mol. The van der Waals surface area contributed by atoms with Crippen LogP contribution in [0.2, 0.25) is 10.0 Å². The number of carbonyl (C=O) groups excluding carboxylic acids is 1. The van der Waals surface area contributed by atoms with Crippen LogP contribution in [-0.4, -0.2) is 46.4 Å². The molecule has 0 fully saturated rings. The quantitative estimate of drug-likeness (QED) is 0.773. The molecule has 26 heavy (non-hydrogen) atoms. The summed E-state index contributed by atoms with van der Waals surface area (Å²) in [6, 6.07) is 7.37. The van der Waals surface area contributed by atoms with Crippen molar-refractivity contribution in [1.29, 1.82) is 0 Å². The highest BCUT2D eigenvalue weighted by molar-refractivity contribution is 6.41. The second-order valence-corrected chi connectivity index (χ2v) is 6.48. The molecular weight excluding hydrogens is 381 g/mol. The molecule has 2 aromatic rings. The van der Waals surface area contributed by atoms with E-state index in [-0.39, 0.29) is 28.6 Å². The molecule has 7 nitrogen and oxygen atoms in total. The van der Waals surface area contributed by atoms with E-state index in [1.54, 1.807) is 4.90 Å². The van der Waals surface area contributed by atoms with Crippen LogP contribution >= 0.6 is 23.2 Å². The minimum Gasteiger partial charge on any atom is -0.486 e. The summed E-state index contributed by atoms with van der Waals surface area (Å²) in [4.78, 5) is 26.2. The first-order valence-electron chi connectivity index (χ1n) is 8.07. The number of amides is 1. The molecule has 1 aliphatic rings. The summed E-state index contributed by atoms with van der Waals surface area (Å²) in [5.41, 5.74) is -0.602. The standard InChI is InChI=1S/C17H17Cl2N3O4/c1-2-21(8-11-10-25-13-5-3-4-6-14(13)26-11)15(23)9-22-17(24)16(19)12(18)7-20-22/h3-7,11H,2,8-10H2,1H3/t11-/m1/s1. The highest BCUT2D eigenvalue weighted by Gasteiger charge is 2.25. The topological polar surface area (TPSA) is 73.7 Å². The number of para-hydroxylation sites is 2. The number of rotatable bonds is 5. The van der Waals surface area contributed by atoms with Gasteiger partial charge in [0, 0.05) is 6.54 Å². The summed E-state index contributed by atoms with van der Waals surface area (Å²) >= 11 is 11.6. The van der Waals surface area contributed by atoms with Gasteiger partial charge in [0.2, 0.25) is 5.91 Å². The minimum atomic E-state index is -0.602. The van der Waals surface area contributed by atoms with Crippen molar-refractivity contribution in [3.8, 4) is 11.5 Å². The first-order chi connectivity index (χ1) is 12.5. The Morgan fingerprint density at radius 3 is 2.81 bits per heavy atom. The highest BCUT2D eigenvalue weighted by atomic mass is 35.5. The summed E-state index contributed by atoms with van der Waals surface area (Å²) in [7, 11) is 0. The molecule has 2 heterocycles. The fourth-order valence-corrected chi connectivity index (χ4v) is 2.86. The molecule has 0 radical (unpaired) electrons. The van der Waals surface area contributed by atoms with Crippen LogP contribution in [0.5, 0.6) is 11.5 Å². The number of ether oxygens (including phenoxy) is 2. The van der Waals surface area contributed by atoms with E-state index in [0.717, 1.165) is 4.68 Å². The van der Waals surface area contributed by atoms with Crippen molar-refractivity contribution in [2.45, 2.75) is 19.6 Å². The lowest BCUT2D eigenvalue weighted by atomic mass is 10.2. The van der Waals surface area contributed by atoms with Crippen molar-refractivity contribution in [1.82, 2.24) is 14.7 Å². The number of aromatic nitrogens is 2. The van der Waals surface area contributed by atoms with Gasteiger partial charge in [-0.25, -0.2) is 4.68 Å². The summed E-state index contributed by atoms with van der Waals surface area (Å²) in [5.74, 6) is 1.06. The SMILES string of the molecule is CCN(C[C@@H]1COc2ccccc2O1)C(=O)Cn1ncc(Cl)c(Cl)c1=O. The van der Waals surface area contributed by atoms with E-state index in [1.807, 2.05) is 31.2 Å². The maximum absolute atomic E-state index is 12.6. The lowest BCUT2D eigenvalue weighted by Crippen LogP contribution is -2.45. The van der Waals surface area contributed by atoms with E-state index in [9.17, 15) is 9.59 Å². The molecule has 0 saturated carbocycles. The van der Waals surface area contributed by atoms with Gasteiger partial charge in [0.05, 0.1) is 17.8 Å². The van der Waals surface area contributed by atoms with Crippen LogP contribution < -0.4 is 15.0 Å². The molecule has 0 saturated heterocycles. The predicted octanol–water partition coefficient (Wildman–Crippen LogP) is 2.24. The Labute approximate surface area is 160 Å². The van der Waals surface area contributed by atoms with Gasteiger partial charge in [0.25, 0.3) is 5.56 Å². The zero-order valence-electron chi connectivity index (χ0n) is 14.0. The Hall–Kier alpha value is -2.25. The number of likely N-dealkylation sites (N-methyl/N-ethyl adjacent to an activating group) is 1. The molecule has 1 aliphatic heterocycles. The van der Waals surface area contributed by atoms with Crippen LogP contribution in [0.15, 0.2) is 35.3 Å². The molecule has 9 heteroatoms. The molecule has 1 amide bonds. The molecule has 0 unspecified atom stereocenters. The van der Waals surface area contributed by atoms with Crippen LogP contribution in [0.25, 0.3) is 0 Å². The first kappa shape index (κ1) is 18.5. The Kier molecular flexibility index (Phi) is 5.68. The lowest BCUT2D eigenvalue weighted by molar-refractivity contribution is -0.133. The van der Waals surface area contributed by atoms with Gasteiger partial charge in [-0.05, 0) is 19.1 Å². The normalized spacial score (nSPS) is 15.6. The highest BCUT2D eigenvalue weighted by Crippen LogP contribution is 2.31. The van der Waals surface area contributed by atoms with Crippen LogP contribution in [0, 0.1) is 0 Å². The van der Waals surface area contributed by atoms with Gasteiger partial charge < -0.3 is 14.4 Å². The Morgan fingerprint density at radius 1 is 1.35 bits per heavy atom. The zero-order chi connectivity index (χ0) is 18.7. The van der Waals surface area contributed by atoms with Gasteiger partial charge in [-0.2, -0.15) is 5.10 Å². The van der Waals surface area contributed by atoms with E-state index in [1.165, 1.54) is 6.20 Å². The monoisotopic (exact) mass is 397 g/mol. The molecule has 138 valence electrons. The Balaban J connectivity index is 1.67. The maximum Gasteiger partial charge on any atom is 0.287 e.